The summed E-state index contributed by atoms with van der Waals surface area (Å²) in [6, 6.07) is 5.55. The van der Waals surface area contributed by atoms with Crippen molar-refractivity contribution < 1.29 is 23.5 Å². The molecule has 0 saturated heterocycles. The first kappa shape index (κ1) is 26.7. The quantitative estimate of drug-likeness (QED) is 0.191. The van der Waals surface area contributed by atoms with Crippen LogP contribution in [-0.4, -0.2) is 39.0 Å². The fourth-order valence-electron chi connectivity index (χ4n) is 3.08. The molecule has 0 radical (unpaired) electrons. The molecule has 3 rings (SSSR count). The van der Waals surface area contributed by atoms with Gasteiger partial charge in [0.1, 0.15) is 16.6 Å². The van der Waals surface area contributed by atoms with Gasteiger partial charge in [0, 0.05) is 11.4 Å². The molecule has 2 aromatic heterocycles. The summed E-state index contributed by atoms with van der Waals surface area (Å²) in [6.45, 7) is 9.73. The zero-order chi connectivity index (χ0) is 25.5. The van der Waals surface area contributed by atoms with Crippen LogP contribution in [0.4, 0.5) is 9.39 Å². The van der Waals surface area contributed by atoms with E-state index in [0.29, 0.717) is 33.8 Å². The zero-order valence-corrected chi connectivity index (χ0v) is 21.7. The van der Waals surface area contributed by atoms with Gasteiger partial charge in [0.05, 0.1) is 22.9 Å². The maximum absolute atomic E-state index is 13.3. The van der Waals surface area contributed by atoms with Crippen LogP contribution in [0.25, 0.3) is 0 Å². The van der Waals surface area contributed by atoms with E-state index in [4.69, 9.17) is 21.1 Å². The van der Waals surface area contributed by atoms with Gasteiger partial charge in [-0.2, -0.15) is 0 Å². The summed E-state index contributed by atoms with van der Waals surface area (Å²) < 4.78 is 26.0. The van der Waals surface area contributed by atoms with Gasteiger partial charge < -0.3 is 14.8 Å². The maximum atomic E-state index is 13.3. The van der Waals surface area contributed by atoms with E-state index in [2.05, 4.69) is 22.1 Å². The van der Waals surface area contributed by atoms with Crippen molar-refractivity contribution in [1.29, 1.82) is 0 Å². The molecule has 1 atom stereocenters. The van der Waals surface area contributed by atoms with Crippen molar-refractivity contribution in [3.63, 3.8) is 0 Å². The first-order valence-electron chi connectivity index (χ1n) is 10.6. The Bertz CT molecular complexity index is 1230. The second-order valence-corrected chi connectivity index (χ2v) is 9.84. The lowest BCUT2D eigenvalue weighted by atomic mass is 10.3. The highest BCUT2D eigenvalue weighted by Gasteiger charge is 2.22. The lowest BCUT2D eigenvalue weighted by molar-refractivity contribution is -0.113. The van der Waals surface area contributed by atoms with Gasteiger partial charge in [-0.1, -0.05) is 29.4 Å². The standard InChI is InChI=1S/C23H24ClFN4O4S2/c1-5-9-29-20(14(4)33-18-8-7-15(25)11-17(18)24)27-28-23(29)34-12-19(30)26-21-16(10-13(3)35-21)22(31)32-6-2/h5,7-8,10-11,14H,1,6,9,12H2,2-4H3,(H,26,30). The van der Waals surface area contributed by atoms with Gasteiger partial charge in [-0.05, 0) is 45.0 Å². The summed E-state index contributed by atoms with van der Waals surface area (Å²) >= 11 is 8.55. The average molecular weight is 539 g/mol. The summed E-state index contributed by atoms with van der Waals surface area (Å²) in [7, 11) is 0. The molecular formula is C23H24ClFN4O4S2. The van der Waals surface area contributed by atoms with E-state index in [1.165, 1.54) is 41.3 Å². The van der Waals surface area contributed by atoms with E-state index in [1.54, 1.807) is 30.6 Å². The second kappa shape index (κ2) is 12.2. The van der Waals surface area contributed by atoms with Crippen molar-refractivity contribution in [3.05, 3.63) is 64.0 Å². The van der Waals surface area contributed by atoms with Crippen LogP contribution in [0.15, 0.2) is 42.1 Å². The highest BCUT2D eigenvalue weighted by Crippen LogP contribution is 2.31. The molecule has 8 nitrogen and oxygen atoms in total. The summed E-state index contributed by atoms with van der Waals surface area (Å²) in [5.74, 6) is -0.413. The lowest BCUT2D eigenvalue weighted by Crippen LogP contribution is -2.17. The molecule has 0 aliphatic carbocycles. The number of esters is 1. The fraction of sp³-hybridized carbons (Fsp3) is 0.304. The number of nitrogens with zero attached hydrogens (tertiary/aromatic N) is 3. The smallest absolute Gasteiger partial charge is 0.341 e. The van der Waals surface area contributed by atoms with Gasteiger partial charge in [-0.15, -0.1) is 28.1 Å². The van der Waals surface area contributed by atoms with E-state index in [0.717, 1.165) is 4.88 Å². The molecular weight excluding hydrogens is 515 g/mol. The van der Waals surface area contributed by atoms with Crippen LogP contribution in [-0.2, 0) is 16.1 Å². The number of benzene rings is 1. The second-order valence-electron chi connectivity index (χ2n) is 7.23. The van der Waals surface area contributed by atoms with Crippen LogP contribution < -0.4 is 10.1 Å². The number of aromatic nitrogens is 3. The lowest BCUT2D eigenvalue weighted by Gasteiger charge is -2.16. The largest absolute Gasteiger partial charge is 0.481 e. The molecule has 0 aliphatic heterocycles. The number of anilines is 1. The molecule has 1 N–H and O–H groups in total. The van der Waals surface area contributed by atoms with E-state index in [-0.39, 0.29) is 23.3 Å². The zero-order valence-electron chi connectivity index (χ0n) is 19.3. The summed E-state index contributed by atoms with van der Waals surface area (Å²) in [5, 5.41) is 12.3. The Morgan fingerprint density at radius 3 is 2.83 bits per heavy atom. The minimum atomic E-state index is -0.560. The maximum Gasteiger partial charge on any atom is 0.341 e. The molecule has 1 unspecified atom stereocenters. The molecule has 0 aliphatic rings. The number of aryl methyl sites for hydroxylation is 1. The van der Waals surface area contributed by atoms with E-state index < -0.39 is 17.9 Å². The van der Waals surface area contributed by atoms with Gasteiger partial charge in [0.15, 0.2) is 17.1 Å². The monoisotopic (exact) mass is 538 g/mol. The van der Waals surface area contributed by atoms with Crippen molar-refractivity contribution in [2.45, 2.75) is 38.6 Å². The number of allylic oxidation sites excluding steroid dienone is 1. The number of amides is 1. The number of rotatable bonds is 11. The van der Waals surface area contributed by atoms with Crippen LogP contribution in [0.3, 0.4) is 0 Å². The first-order chi connectivity index (χ1) is 16.7. The van der Waals surface area contributed by atoms with Gasteiger partial charge in [-0.25, -0.2) is 9.18 Å². The number of carbonyl (C=O) groups excluding carboxylic acids is 2. The van der Waals surface area contributed by atoms with E-state index >= 15 is 0 Å². The van der Waals surface area contributed by atoms with E-state index in [1.807, 2.05) is 6.92 Å². The molecule has 2 heterocycles. The Labute approximate surface area is 215 Å². The van der Waals surface area contributed by atoms with Gasteiger partial charge in [0.25, 0.3) is 0 Å². The molecule has 186 valence electrons. The Hall–Kier alpha value is -2.89. The number of thiophene rings is 1. The fourth-order valence-corrected chi connectivity index (χ4v) is 4.96. The Kier molecular flexibility index (Phi) is 9.30. The highest BCUT2D eigenvalue weighted by molar-refractivity contribution is 7.99. The third-order valence-corrected chi connectivity index (χ3v) is 6.78. The van der Waals surface area contributed by atoms with Gasteiger partial charge >= 0.3 is 5.97 Å². The average Bonchev–Trinajstić information content (AvgIpc) is 3.37. The summed E-state index contributed by atoms with van der Waals surface area (Å²) in [4.78, 5) is 25.6. The predicted octanol–water partition coefficient (Wildman–Crippen LogP) is 5.67. The van der Waals surface area contributed by atoms with Crippen molar-refractivity contribution >= 4 is 51.6 Å². The number of thioether (sulfide) groups is 1. The third-order valence-electron chi connectivity index (χ3n) is 4.55. The molecule has 1 aromatic carbocycles. The van der Waals surface area contributed by atoms with Crippen molar-refractivity contribution in [2.24, 2.45) is 0 Å². The van der Waals surface area contributed by atoms with Crippen molar-refractivity contribution in [1.82, 2.24) is 14.8 Å². The normalized spacial score (nSPS) is 11.7. The third kappa shape index (κ3) is 6.83. The van der Waals surface area contributed by atoms with Crippen LogP contribution >= 0.6 is 34.7 Å². The number of hydrogen-bond acceptors (Lipinski definition) is 8. The minimum Gasteiger partial charge on any atom is -0.481 e. The molecule has 3 aromatic rings. The topological polar surface area (TPSA) is 95.3 Å². The Morgan fingerprint density at radius 2 is 2.14 bits per heavy atom. The Morgan fingerprint density at radius 1 is 1.37 bits per heavy atom. The van der Waals surface area contributed by atoms with Crippen molar-refractivity contribution in [2.75, 3.05) is 17.7 Å². The van der Waals surface area contributed by atoms with Crippen LogP contribution in [0.5, 0.6) is 5.75 Å². The number of carbonyl (C=O) groups is 2. The predicted molar refractivity (Wildman–Crippen MR) is 135 cm³/mol. The Balaban J connectivity index is 1.69. The van der Waals surface area contributed by atoms with Crippen LogP contribution in [0.1, 0.15) is 41.0 Å². The summed E-state index contributed by atoms with van der Waals surface area (Å²) in [5.41, 5.74) is 0.329. The summed E-state index contributed by atoms with van der Waals surface area (Å²) in [6.07, 6.45) is 1.11. The SMILES string of the molecule is C=CCn1c(SCC(=O)Nc2sc(C)cc2C(=O)OCC)nnc1C(C)Oc1ccc(F)cc1Cl. The molecule has 35 heavy (non-hydrogen) atoms. The highest BCUT2D eigenvalue weighted by atomic mass is 35.5. The molecule has 0 spiro atoms. The molecule has 12 heteroatoms. The van der Waals surface area contributed by atoms with Crippen LogP contribution in [0.2, 0.25) is 5.02 Å². The number of nitrogens with one attached hydrogen (secondary N) is 1. The van der Waals surface area contributed by atoms with Crippen LogP contribution in [0, 0.1) is 12.7 Å². The number of ether oxygens (including phenoxy) is 2. The molecule has 0 saturated carbocycles. The number of hydrogen-bond donors (Lipinski definition) is 1. The molecule has 0 fully saturated rings. The number of halogens is 2. The first-order valence-corrected chi connectivity index (χ1v) is 12.8. The molecule has 0 bridgehead atoms. The minimum absolute atomic E-state index is 0.0352. The van der Waals surface area contributed by atoms with Crippen molar-refractivity contribution in [3.8, 4) is 5.75 Å². The van der Waals surface area contributed by atoms with Gasteiger partial charge in [-0.3, -0.25) is 9.36 Å². The van der Waals surface area contributed by atoms with Gasteiger partial charge in [0.2, 0.25) is 5.91 Å². The van der Waals surface area contributed by atoms with E-state index in [9.17, 15) is 14.0 Å². The molecule has 1 amide bonds.